The minimum absolute atomic E-state index is 0.0473. The highest BCUT2D eigenvalue weighted by molar-refractivity contribution is 7.09. The van der Waals surface area contributed by atoms with Crippen molar-refractivity contribution in [1.29, 1.82) is 0 Å². The Bertz CT molecular complexity index is 852. The van der Waals surface area contributed by atoms with Crippen LogP contribution in [0.4, 0.5) is 10.5 Å². The Morgan fingerprint density at radius 1 is 1.08 bits per heavy atom. The van der Waals surface area contributed by atoms with Crippen LogP contribution in [0.25, 0.3) is 10.9 Å². The molecule has 0 unspecified atom stereocenters. The van der Waals surface area contributed by atoms with E-state index in [9.17, 15) is 4.79 Å². The topological polar surface area (TPSA) is 48.5 Å². The molecule has 0 saturated carbocycles. The van der Waals surface area contributed by atoms with Crippen molar-refractivity contribution < 1.29 is 4.79 Å². The lowest BCUT2D eigenvalue weighted by atomic mass is 10.2. The molecule has 0 atom stereocenters. The summed E-state index contributed by atoms with van der Waals surface area (Å²) < 4.78 is 0. The highest BCUT2D eigenvalue weighted by Crippen LogP contribution is 2.21. The van der Waals surface area contributed by atoms with E-state index in [-0.39, 0.29) is 6.03 Å². The van der Waals surface area contributed by atoms with Crippen LogP contribution in [0.2, 0.25) is 0 Å². The smallest absolute Gasteiger partial charge is 0.321 e. The molecule has 3 heterocycles. The minimum atomic E-state index is -0.0473. The number of nitrogens with one attached hydrogen (secondary N) is 1. The molecule has 3 aromatic rings. The Kier molecular flexibility index (Phi) is 4.63. The molecule has 1 aliphatic heterocycles. The molecular formula is C19H20N4OS. The van der Waals surface area contributed by atoms with Crippen molar-refractivity contribution in [3.63, 3.8) is 0 Å². The second-order valence-corrected chi connectivity index (χ2v) is 7.19. The molecule has 0 radical (unpaired) electrons. The second kappa shape index (κ2) is 7.21. The van der Waals surface area contributed by atoms with Gasteiger partial charge in [0.15, 0.2) is 0 Å². The highest BCUT2D eigenvalue weighted by Gasteiger charge is 2.21. The molecule has 0 spiro atoms. The SMILES string of the molecule is O=C(Nc1cccc2cccnc12)N1CCN(Cc2cccs2)CC1. The number of nitrogens with zero attached hydrogens (tertiary/aromatic N) is 3. The summed E-state index contributed by atoms with van der Waals surface area (Å²) in [6, 6.07) is 14.0. The molecule has 1 saturated heterocycles. The number of benzene rings is 1. The number of pyridine rings is 1. The number of para-hydroxylation sites is 1. The maximum atomic E-state index is 12.6. The Balaban J connectivity index is 1.37. The van der Waals surface area contributed by atoms with E-state index in [4.69, 9.17) is 0 Å². The summed E-state index contributed by atoms with van der Waals surface area (Å²) in [6.07, 6.45) is 1.75. The van der Waals surface area contributed by atoms with Crippen LogP contribution in [0, 0.1) is 0 Å². The summed E-state index contributed by atoms with van der Waals surface area (Å²) in [5, 5.41) is 6.16. The number of amides is 2. The number of rotatable bonds is 3. The molecule has 1 aromatic carbocycles. The average molecular weight is 352 g/mol. The van der Waals surface area contributed by atoms with Crippen LogP contribution in [-0.2, 0) is 6.54 Å². The van der Waals surface area contributed by atoms with E-state index in [1.54, 1.807) is 17.5 Å². The molecule has 2 amide bonds. The first-order valence-corrected chi connectivity index (χ1v) is 9.32. The predicted octanol–water partition coefficient (Wildman–Crippen LogP) is 3.65. The minimum Gasteiger partial charge on any atom is -0.322 e. The van der Waals surface area contributed by atoms with Crippen molar-refractivity contribution >= 4 is 34.0 Å². The third-order valence-corrected chi connectivity index (χ3v) is 5.35. The molecule has 128 valence electrons. The number of carbonyl (C=O) groups excluding carboxylic acids is 1. The summed E-state index contributed by atoms with van der Waals surface area (Å²) in [6.45, 7) is 4.27. The lowest BCUT2D eigenvalue weighted by molar-refractivity contribution is 0.143. The van der Waals surface area contributed by atoms with Crippen molar-refractivity contribution in [3.05, 3.63) is 58.9 Å². The van der Waals surface area contributed by atoms with E-state index in [0.717, 1.165) is 49.3 Å². The second-order valence-electron chi connectivity index (χ2n) is 6.15. The fourth-order valence-electron chi connectivity index (χ4n) is 3.13. The first kappa shape index (κ1) is 16.1. The van der Waals surface area contributed by atoms with Crippen molar-refractivity contribution in [2.45, 2.75) is 6.54 Å². The van der Waals surface area contributed by atoms with Gasteiger partial charge in [-0.05, 0) is 23.6 Å². The highest BCUT2D eigenvalue weighted by atomic mass is 32.1. The molecule has 5 nitrogen and oxygen atoms in total. The molecule has 0 bridgehead atoms. The normalized spacial score (nSPS) is 15.4. The number of hydrogen-bond acceptors (Lipinski definition) is 4. The molecular weight excluding hydrogens is 332 g/mol. The number of anilines is 1. The van der Waals surface area contributed by atoms with Gasteiger partial charge in [0.25, 0.3) is 0 Å². The monoisotopic (exact) mass is 352 g/mol. The molecule has 1 N–H and O–H groups in total. The van der Waals surface area contributed by atoms with Crippen LogP contribution in [0.3, 0.4) is 0 Å². The maximum Gasteiger partial charge on any atom is 0.321 e. The zero-order valence-corrected chi connectivity index (χ0v) is 14.7. The van der Waals surface area contributed by atoms with E-state index in [2.05, 4.69) is 32.7 Å². The van der Waals surface area contributed by atoms with Crippen molar-refractivity contribution in [2.75, 3.05) is 31.5 Å². The van der Waals surface area contributed by atoms with Crippen LogP contribution in [0.15, 0.2) is 54.0 Å². The maximum absolute atomic E-state index is 12.6. The van der Waals surface area contributed by atoms with Gasteiger partial charge in [0, 0.05) is 49.2 Å². The zero-order valence-electron chi connectivity index (χ0n) is 13.9. The Morgan fingerprint density at radius 2 is 1.92 bits per heavy atom. The Morgan fingerprint density at radius 3 is 2.72 bits per heavy atom. The third-order valence-electron chi connectivity index (χ3n) is 4.49. The fourth-order valence-corrected chi connectivity index (χ4v) is 3.88. The number of carbonyl (C=O) groups is 1. The van der Waals surface area contributed by atoms with Crippen molar-refractivity contribution in [3.8, 4) is 0 Å². The zero-order chi connectivity index (χ0) is 17.1. The molecule has 0 aliphatic carbocycles. The number of hydrogen-bond donors (Lipinski definition) is 1. The number of fused-ring (bicyclic) bond motifs is 1. The summed E-state index contributed by atoms with van der Waals surface area (Å²) in [7, 11) is 0. The quantitative estimate of drug-likeness (QED) is 0.783. The number of piperazine rings is 1. The van der Waals surface area contributed by atoms with Gasteiger partial charge in [-0.2, -0.15) is 0 Å². The molecule has 2 aromatic heterocycles. The fraction of sp³-hybridized carbons (Fsp3) is 0.263. The van der Waals surface area contributed by atoms with Gasteiger partial charge in [-0.3, -0.25) is 9.88 Å². The summed E-state index contributed by atoms with van der Waals surface area (Å²) in [4.78, 5) is 22.7. The molecule has 25 heavy (non-hydrogen) atoms. The van der Waals surface area contributed by atoms with Crippen LogP contribution >= 0.6 is 11.3 Å². The molecule has 4 rings (SSSR count). The first-order valence-electron chi connectivity index (χ1n) is 8.44. The van der Waals surface area contributed by atoms with E-state index in [0.29, 0.717) is 0 Å². The number of thiophene rings is 1. The van der Waals surface area contributed by atoms with Crippen LogP contribution < -0.4 is 5.32 Å². The largest absolute Gasteiger partial charge is 0.322 e. The number of urea groups is 1. The van der Waals surface area contributed by atoms with Gasteiger partial charge in [-0.15, -0.1) is 11.3 Å². The van der Waals surface area contributed by atoms with Crippen LogP contribution in [0.1, 0.15) is 4.88 Å². The van der Waals surface area contributed by atoms with E-state index in [1.165, 1.54) is 4.88 Å². The van der Waals surface area contributed by atoms with Gasteiger partial charge in [0.05, 0.1) is 11.2 Å². The molecule has 6 heteroatoms. The first-order chi connectivity index (χ1) is 12.3. The Hall–Kier alpha value is -2.44. The van der Waals surface area contributed by atoms with E-state index >= 15 is 0 Å². The summed E-state index contributed by atoms with van der Waals surface area (Å²) >= 11 is 1.79. The van der Waals surface area contributed by atoms with Gasteiger partial charge >= 0.3 is 6.03 Å². The number of aromatic nitrogens is 1. The van der Waals surface area contributed by atoms with Crippen LogP contribution in [-0.4, -0.2) is 47.0 Å². The summed E-state index contributed by atoms with van der Waals surface area (Å²) in [5.74, 6) is 0. The van der Waals surface area contributed by atoms with Gasteiger partial charge in [-0.25, -0.2) is 4.79 Å². The van der Waals surface area contributed by atoms with Gasteiger partial charge in [-0.1, -0.05) is 24.3 Å². The van der Waals surface area contributed by atoms with Gasteiger partial charge < -0.3 is 10.2 Å². The molecule has 1 fully saturated rings. The average Bonchev–Trinajstić information content (AvgIpc) is 3.16. The lowest BCUT2D eigenvalue weighted by Gasteiger charge is -2.34. The predicted molar refractivity (Wildman–Crippen MR) is 102 cm³/mol. The van der Waals surface area contributed by atoms with Crippen LogP contribution in [0.5, 0.6) is 0 Å². The van der Waals surface area contributed by atoms with Crippen molar-refractivity contribution in [2.24, 2.45) is 0 Å². The summed E-state index contributed by atoms with van der Waals surface area (Å²) in [5.41, 5.74) is 1.60. The van der Waals surface area contributed by atoms with E-state index in [1.807, 2.05) is 35.2 Å². The third kappa shape index (κ3) is 3.65. The standard InChI is InChI=1S/C19H20N4OS/c24-19(21-17-7-1-4-15-5-2-8-20-18(15)17)23-11-9-22(10-12-23)14-16-6-3-13-25-16/h1-8,13H,9-12,14H2,(H,21,24). The molecule has 1 aliphatic rings. The Labute approximate surface area is 150 Å². The van der Waals surface area contributed by atoms with Gasteiger partial charge in [0.2, 0.25) is 0 Å². The lowest BCUT2D eigenvalue weighted by Crippen LogP contribution is -2.49. The van der Waals surface area contributed by atoms with E-state index < -0.39 is 0 Å². The van der Waals surface area contributed by atoms with Gasteiger partial charge in [0.1, 0.15) is 0 Å². The van der Waals surface area contributed by atoms with Crippen molar-refractivity contribution in [1.82, 2.24) is 14.8 Å².